The van der Waals surface area contributed by atoms with Crippen molar-refractivity contribution in [3.8, 4) is 0 Å². The van der Waals surface area contributed by atoms with Crippen LogP contribution in [0.3, 0.4) is 0 Å². The Labute approximate surface area is 168 Å². The van der Waals surface area contributed by atoms with Crippen LogP contribution in [0.15, 0.2) is 40.8 Å². The Bertz CT molecular complexity index is 752. The summed E-state index contributed by atoms with van der Waals surface area (Å²) in [5.41, 5.74) is 1.79. The molecule has 0 spiro atoms. The van der Waals surface area contributed by atoms with E-state index in [0.29, 0.717) is 37.4 Å². The van der Waals surface area contributed by atoms with Crippen molar-refractivity contribution in [1.82, 2.24) is 10.2 Å². The number of nitrogens with zero attached hydrogens (tertiary/aromatic N) is 1. The molecule has 1 aromatic heterocycles. The lowest BCUT2D eigenvalue weighted by Gasteiger charge is -2.22. The lowest BCUT2D eigenvalue weighted by atomic mass is 10.1. The van der Waals surface area contributed by atoms with E-state index in [9.17, 15) is 9.59 Å². The van der Waals surface area contributed by atoms with E-state index in [2.05, 4.69) is 24.4 Å². The minimum Gasteiger partial charge on any atom is -0.466 e. The number of rotatable bonds is 11. The highest BCUT2D eigenvalue weighted by atomic mass is 16.3. The van der Waals surface area contributed by atoms with Gasteiger partial charge in [-0.3, -0.25) is 9.59 Å². The number of hydrogen-bond donors (Lipinski definition) is 1. The fourth-order valence-electron chi connectivity index (χ4n) is 3.20. The van der Waals surface area contributed by atoms with Crippen LogP contribution in [0, 0.1) is 13.8 Å². The van der Waals surface area contributed by atoms with E-state index in [4.69, 9.17) is 4.42 Å². The summed E-state index contributed by atoms with van der Waals surface area (Å²) in [4.78, 5) is 26.9. The molecule has 0 fully saturated rings. The summed E-state index contributed by atoms with van der Waals surface area (Å²) in [5.74, 6) is 1.29. The van der Waals surface area contributed by atoms with Crippen molar-refractivity contribution in [3.05, 3.63) is 59.0 Å². The van der Waals surface area contributed by atoms with Crippen molar-refractivity contribution in [1.29, 1.82) is 0 Å². The monoisotopic (exact) mass is 384 g/mol. The zero-order valence-corrected chi connectivity index (χ0v) is 17.3. The van der Waals surface area contributed by atoms with Gasteiger partial charge in [-0.2, -0.15) is 0 Å². The molecule has 0 aliphatic carbocycles. The van der Waals surface area contributed by atoms with Crippen molar-refractivity contribution in [3.63, 3.8) is 0 Å². The number of carbonyl (C=O) groups is 2. The van der Waals surface area contributed by atoms with Gasteiger partial charge in [0.25, 0.3) is 5.91 Å². The molecule has 1 N–H and O–H groups in total. The van der Waals surface area contributed by atoms with Gasteiger partial charge in [-0.15, -0.1) is 0 Å². The third-order valence-corrected chi connectivity index (χ3v) is 4.78. The molecule has 0 atom stereocenters. The number of aryl methyl sites for hydroxylation is 2. The van der Waals surface area contributed by atoms with Gasteiger partial charge in [0.2, 0.25) is 5.91 Å². The summed E-state index contributed by atoms with van der Waals surface area (Å²) < 4.78 is 5.51. The number of benzene rings is 1. The van der Waals surface area contributed by atoms with Gasteiger partial charge in [-0.25, -0.2) is 0 Å². The van der Waals surface area contributed by atoms with Crippen molar-refractivity contribution >= 4 is 11.8 Å². The fraction of sp³-hybridized carbons (Fsp3) is 0.478. The maximum absolute atomic E-state index is 12.9. The number of unbranched alkanes of at least 4 members (excludes halogenated alkanes) is 2. The van der Waals surface area contributed by atoms with Crippen LogP contribution in [-0.4, -0.2) is 36.3 Å². The normalized spacial score (nSPS) is 10.7. The molecule has 0 radical (unpaired) electrons. The first-order valence-electron chi connectivity index (χ1n) is 10.2. The van der Waals surface area contributed by atoms with Crippen molar-refractivity contribution < 1.29 is 14.0 Å². The average Bonchev–Trinajstić information content (AvgIpc) is 3.03. The van der Waals surface area contributed by atoms with Gasteiger partial charge in [0, 0.05) is 26.1 Å². The van der Waals surface area contributed by atoms with Crippen LogP contribution in [0.4, 0.5) is 0 Å². The lowest BCUT2D eigenvalue weighted by molar-refractivity contribution is -0.121. The summed E-state index contributed by atoms with van der Waals surface area (Å²) in [5, 5.41) is 2.95. The molecule has 152 valence electrons. The molecule has 2 aromatic rings. The molecular formula is C23H32N2O3. The molecule has 5 heteroatoms. The number of nitrogens with one attached hydrogen (secondary N) is 1. The molecular weight excluding hydrogens is 352 g/mol. The van der Waals surface area contributed by atoms with Gasteiger partial charge in [-0.1, -0.05) is 50.1 Å². The first-order chi connectivity index (χ1) is 13.5. The predicted molar refractivity (Wildman–Crippen MR) is 111 cm³/mol. The van der Waals surface area contributed by atoms with Crippen LogP contribution in [0.1, 0.15) is 60.0 Å². The largest absolute Gasteiger partial charge is 0.466 e. The molecule has 0 unspecified atom stereocenters. The Morgan fingerprint density at radius 3 is 2.46 bits per heavy atom. The third-order valence-electron chi connectivity index (χ3n) is 4.78. The Morgan fingerprint density at radius 1 is 1.07 bits per heavy atom. The topological polar surface area (TPSA) is 62.6 Å². The molecule has 0 saturated heterocycles. The van der Waals surface area contributed by atoms with Crippen LogP contribution >= 0.6 is 0 Å². The number of amides is 2. The number of hydrogen-bond acceptors (Lipinski definition) is 3. The van der Waals surface area contributed by atoms with Crippen LogP contribution < -0.4 is 5.32 Å². The average molecular weight is 385 g/mol. The highest BCUT2D eigenvalue weighted by Crippen LogP contribution is 2.17. The van der Waals surface area contributed by atoms with Crippen molar-refractivity contribution in [2.24, 2.45) is 0 Å². The minimum atomic E-state index is -0.0532. The van der Waals surface area contributed by atoms with Gasteiger partial charge >= 0.3 is 0 Å². The summed E-state index contributed by atoms with van der Waals surface area (Å²) >= 11 is 0. The van der Waals surface area contributed by atoms with Crippen LogP contribution in [-0.2, 0) is 11.2 Å². The summed E-state index contributed by atoms with van der Waals surface area (Å²) in [6.45, 7) is 7.46. The molecule has 0 aliphatic heterocycles. The van der Waals surface area contributed by atoms with Gasteiger partial charge in [-0.05, 0) is 38.3 Å². The minimum absolute atomic E-state index is 0.0238. The molecule has 5 nitrogen and oxygen atoms in total. The van der Waals surface area contributed by atoms with Crippen molar-refractivity contribution in [2.45, 2.75) is 52.9 Å². The quantitative estimate of drug-likeness (QED) is 0.588. The maximum Gasteiger partial charge on any atom is 0.257 e. The van der Waals surface area contributed by atoms with E-state index in [1.54, 1.807) is 17.9 Å². The summed E-state index contributed by atoms with van der Waals surface area (Å²) in [6.07, 6.45) is 4.21. The first-order valence-corrected chi connectivity index (χ1v) is 10.2. The van der Waals surface area contributed by atoms with E-state index in [1.807, 2.05) is 25.1 Å². The maximum atomic E-state index is 12.9. The Kier molecular flexibility index (Phi) is 8.79. The van der Waals surface area contributed by atoms with E-state index >= 15 is 0 Å². The molecule has 1 heterocycles. The molecule has 1 aromatic carbocycles. The second kappa shape index (κ2) is 11.3. The first kappa shape index (κ1) is 21.7. The molecule has 0 aliphatic rings. The second-order valence-corrected chi connectivity index (χ2v) is 7.16. The van der Waals surface area contributed by atoms with Crippen LogP contribution in [0.2, 0.25) is 0 Å². The Morgan fingerprint density at radius 2 is 1.82 bits per heavy atom. The Hall–Kier alpha value is -2.56. The van der Waals surface area contributed by atoms with Crippen LogP contribution in [0.25, 0.3) is 0 Å². The SMILES string of the molecule is CCCCCN(CCC(=O)NCCc1ccccc1)C(=O)c1cc(C)oc1C. The molecule has 28 heavy (non-hydrogen) atoms. The van der Waals surface area contributed by atoms with Gasteiger partial charge in [0.1, 0.15) is 11.5 Å². The standard InChI is InChI=1S/C23H32N2O3/c1-4-5-9-15-25(23(27)21-17-18(2)28-19(21)3)16-13-22(26)24-14-12-20-10-7-6-8-11-20/h6-8,10-11,17H,4-5,9,12-16H2,1-3H3,(H,24,26). The van der Waals surface area contributed by atoms with Crippen molar-refractivity contribution in [2.75, 3.05) is 19.6 Å². The smallest absolute Gasteiger partial charge is 0.257 e. The van der Waals surface area contributed by atoms with E-state index in [0.717, 1.165) is 31.4 Å². The van der Waals surface area contributed by atoms with E-state index < -0.39 is 0 Å². The van der Waals surface area contributed by atoms with Crippen LogP contribution in [0.5, 0.6) is 0 Å². The van der Waals surface area contributed by atoms with Gasteiger partial charge in [0.05, 0.1) is 5.56 Å². The molecule has 2 rings (SSSR count). The fourth-order valence-corrected chi connectivity index (χ4v) is 3.20. The highest BCUT2D eigenvalue weighted by molar-refractivity contribution is 5.95. The number of furan rings is 1. The molecule has 2 amide bonds. The third kappa shape index (κ3) is 6.87. The predicted octanol–water partition coefficient (Wildman–Crippen LogP) is 4.28. The molecule has 0 bridgehead atoms. The zero-order valence-electron chi connectivity index (χ0n) is 17.3. The number of carbonyl (C=O) groups excluding carboxylic acids is 2. The lowest BCUT2D eigenvalue weighted by Crippen LogP contribution is -2.36. The highest BCUT2D eigenvalue weighted by Gasteiger charge is 2.20. The van der Waals surface area contributed by atoms with E-state index in [1.165, 1.54) is 5.56 Å². The van der Waals surface area contributed by atoms with Gasteiger partial charge < -0.3 is 14.6 Å². The van der Waals surface area contributed by atoms with Gasteiger partial charge in [0.15, 0.2) is 0 Å². The second-order valence-electron chi connectivity index (χ2n) is 7.16. The summed E-state index contributed by atoms with van der Waals surface area (Å²) in [7, 11) is 0. The molecule has 0 saturated carbocycles. The zero-order chi connectivity index (χ0) is 20.4. The summed E-state index contributed by atoms with van der Waals surface area (Å²) in [6, 6.07) is 11.9. The Balaban J connectivity index is 1.86. The van der Waals surface area contributed by atoms with E-state index in [-0.39, 0.29) is 11.8 Å².